The van der Waals surface area contributed by atoms with Crippen LogP contribution in [0.5, 0.6) is 0 Å². The van der Waals surface area contributed by atoms with Crippen LogP contribution in [0.4, 0.5) is 13.2 Å². The molecular weight excluding hydrogens is 285 g/mol. The lowest BCUT2D eigenvalue weighted by atomic mass is 9.90. The van der Waals surface area contributed by atoms with Gasteiger partial charge in [-0.25, -0.2) is 0 Å². The largest absolute Gasteiger partial charge is 0.466 e. The summed E-state index contributed by atoms with van der Waals surface area (Å²) >= 11 is 0. The molecule has 0 aromatic carbocycles. The van der Waals surface area contributed by atoms with Gasteiger partial charge in [-0.3, -0.25) is 9.69 Å². The van der Waals surface area contributed by atoms with Gasteiger partial charge in [0, 0.05) is 31.6 Å². The van der Waals surface area contributed by atoms with Crippen LogP contribution < -0.4 is 5.32 Å². The van der Waals surface area contributed by atoms with Gasteiger partial charge in [-0.2, -0.15) is 13.2 Å². The first-order valence-electron chi connectivity index (χ1n) is 7.41. The summed E-state index contributed by atoms with van der Waals surface area (Å²) in [7, 11) is 0. The zero-order chi connectivity index (χ0) is 16.0. The van der Waals surface area contributed by atoms with Crippen molar-refractivity contribution in [2.75, 3.05) is 26.2 Å². The van der Waals surface area contributed by atoms with Crippen molar-refractivity contribution in [1.29, 1.82) is 0 Å². The van der Waals surface area contributed by atoms with Gasteiger partial charge in [-0.05, 0) is 33.1 Å². The number of hydrogen-bond donors (Lipinski definition) is 1. The normalized spacial score (nSPS) is 24.3. The molecule has 1 aliphatic rings. The molecule has 0 aliphatic carbocycles. The summed E-state index contributed by atoms with van der Waals surface area (Å²) in [5.41, 5.74) is 0. The molecule has 4 nitrogen and oxygen atoms in total. The van der Waals surface area contributed by atoms with Crippen molar-refractivity contribution in [3.63, 3.8) is 0 Å². The van der Waals surface area contributed by atoms with Crippen molar-refractivity contribution in [2.24, 2.45) is 5.92 Å². The molecule has 124 valence electrons. The van der Waals surface area contributed by atoms with Gasteiger partial charge >= 0.3 is 12.1 Å². The number of ether oxygens (including phenoxy) is 1. The van der Waals surface area contributed by atoms with E-state index in [9.17, 15) is 18.0 Å². The number of nitrogens with zero attached hydrogens (tertiary/aromatic N) is 1. The van der Waals surface area contributed by atoms with Crippen LogP contribution in [0, 0.1) is 5.92 Å². The minimum Gasteiger partial charge on any atom is -0.466 e. The second kappa shape index (κ2) is 7.98. The highest BCUT2D eigenvalue weighted by atomic mass is 19.4. The molecule has 0 saturated carbocycles. The Labute approximate surface area is 124 Å². The molecule has 2 unspecified atom stereocenters. The SMILES string of the molecule is CCOC(=O)CC1CC(NCC(F)(F)F)CN(C(C)C)C1. The van der Waals surface area contributed by atoms with E-state index >= 15 is 0 Å². The standard InChI is InChI=1S/C14H25F3N2O2/c1-4-21-13(20)6-11-5-12(18-9-14(15,16)17)8-19(7-11)10(2)3/h10-12,18H,4-9H2,1-3H3. The number of piperidine rings is 1. The van der Waals surface area contributed by atoms with Gasteiger partial charge in [0.1, 0.15) is 0 Å². The summed E-state index contributed by atoms with van der Waals surface area (Å²) in [5.74, 6) is -0.242. The second-order valence-electron chi connectivity index (χ2n) is 5.85. The molecule has 0 bridgehead atoms. The Hall–Kier alpha value is -0.820. The minimum atomic E-state index is -4.21. The molecule has 0 aromatic heterocycles. The van der Waals surface area contributed by atoms with Crippen LogP contribution in [0.2, 0.25) is 0 Å². The lowest BCUT2D eigenvalue weighted by molar-refractivity contribution is -0.145. The third kappa shape index (κ3) is 7.13. The van der Waals surface area contributed by atoms with Crippen molar-refractivity contribution in [3.8, 4) is 0 Å². The molecule has 1 heterocycles. The Kier molecular flexibility index (Phi) is 6.93. The lowest BCUT2D eigenvalue weighted by Crippen LogP contribution is -2.53. The fourth-order valence-electron chi connectivity index (χ4n) is 2.67. The van der Waals surface area contributed by atoms with Crippen molar-refractivity contribution in [3.05, 3.63) is 0 Å². The Bertz CT molecular complexity index is 335. The Balaban J connectivity index is 2.57. The maximum absolute atomic E-state index is 12.3. The van der Waals surface area contributed by atoms with E-state index in [4.69, 9.17) is 4.74 Å². The maximum atomic E-state index is 12.3. The molecule has 1 rings (SSSR count). The van der Waals surface area contributed by atoms with E-state index in [1.165, 1.54) is 0 Å². The maximum Gasteiger partial charge on any atom is 0.401 e. The highest BCUT2D eigenvalue weighted by Crippen LogP contribution is 2.23. The highest BCUT2D eigenvalue weighted by molar-refractivity contribution is 5.69. The zero-order valence-electron chi connectivity index (χ0n) is 12.9. The van der Waals surface area contributed by atoms with Crippen LogP contribution in [0.3, 0.4) is 0 Å². The minimum absolute atomic E-state index is 0.0333. The molecule has 1 aliphatic heterocycles. The van der Waals surface area contributed by atoms with Gasteiger partial charge in [0.15, 0.2) is 0 Å². The first-order chi connectivity index (χ1) is 9.71. The van der Waals surface area contributed by atoms with Crippen molar-refractivity contribution in [2.45, 2.75) is 51.9 Å². The smallest absolute Gasteiger partial charge is 0.401 e. The van der Waals surface area contributed by atoms with E-state index in [2.05, 4.69) is 10.2 Å². The fourth-order valence-corrected chi connectivity index (χ4v) is 2.67. The topological polar surface area (TPSA) is 41.6 Å². The Morgan fingerprint density at radius 1 is 1.38 bits per heavy atom. The molecule has 1 saturated heterocycles. The Morgan fingerprint density at radius 2 is 2.05 bits per heavy atom. The summed E-state index contributed by atoms with van der Waals surface area (Å²) in [6.45, 7) is 6.40. The molecule has 1 fully saturated rings. The van der Waals surface area contributed by atoms with Crippen LogP contribution >= 0.6 is 0 Å². The summed E-state index contributed by atoms with van der Waals surface area (Å²) < 4.78 is 41.9. The van der Waals surface area contributed by atoms with E-state index in [0.29, 0.717) is 19.6 Å². The molecular formula is C14H25F3N2O2. The number of alkyl halides is 3. The number of nitrogens with one attached hydrogen (secondary N) is 1. The van der Waals surface area contributed by atoms with Gasteiger partial charge in [0.25, 0.3) is 0 Å². The predicted octanol–water partition coefficient (Wildman–Crippen LogP) is 2.19. The van der Waals surface area contributed by atoms with E-state index in [1.807, 2.05) is 13.8 Å². The van der Waals surface area contributed by atoms with Crippen LogP contribution in [0.15, 0.2) is 0 Å². The van der Waals surface area contributed by atoms with Gasteiger partial charge in [0.2, 0.25) is 0 Å². The lowest BCUT2D eigenvalue weighted by Gasteiger charge is -2.40. The number of esters is 1. The average molecular weight is 310 g/mol. The molecule has 0 radical (unpaired) electrons. The van der Waals surface area contributed by atoms with E-state index in [1.54, 1.807) is 6.92 Å². The second-order valence-corrected chi connectivity index (χ2v) is 5.85. The van der Waals surface area contributed by atoms with Crippen LogP contribution in [-0.4, -0.2) is 55.4 Å². The summed E-state index contributed by atoms with van der Waals surface area (Å²) in [6, 6.07) is -0.00705. The average Bonchev–Trinajstić information content (AvgIpc) is 2.35. The summed E-state index contributed by atoms with van der Waals surface area (Å²) in [4.78, 5) is 13.7. The fraction of sp³-hybridized carbons (Fsp3) is 0.929. The van der Waals surface area contributed by atoms with Crippen LogP contribution in [0.25, 0.3) is 0 Å². The van der Waals surface area contributed by atoms with Crippen molar-refractivity contribution >= 4 is 5.97 Å². The van der Waals surface area contributed by atoms with Crippen LogP contribution in [-0.2, 0) is 9.53 Å². The molecule has 2 atom stereocenters. The van der Waals surface area contributed by atoms with Crippen molar-refractivity contribution < 1.29 is 22.7 Å². The third-order valence-electron chi connectivity index (χ3n) is 3.65. The quantitative estimate of drug-likeness (QED) is 0.764. The third-order valence-corrected chi connectivity index (χ3v) is 3.65. The van der Waals surface area contributed by atoms with Gasteiger partial charge in [-0.1, -0.05) is 0 Å². The molecule has 1 N–H and O–H groups in total. The molecule has 7 heteroatoms. The number of likely N-dealkylation sites (tertiary alicyclic amines) is 1. The van der Waals surface area contributed by atoms with E-state index in [0.717, 1.165) is 6.54 Å². The van der Waals surface area contributed by atoms with E-state index in [-0.39, 0.29) is 30.4 Å². The first-order valence-corrected chi connectivity index (χ1v) is 7.41. The van der Waals surface area contributed by atoms with Crippen molar-refractivity contribution in [1.82, 2.24) is 10.2 Å². The molecule has 21 heavy (non-hydrogen) atoms. The van der Waals surface area contributed by atoms with Gasteiger partial charge < -0.3 is 10.1 Å². The van der Waals surface area contributed by atoms with E-state index < -0.39 is 12.7 Å². The van der Waals surface area contributed by atoms with Crippen LogP contribution in [0.1, 0.15) is 33.6 Å². The number of halogens is 3. The summed E-state index contributed by atoms with van der Waals surface area (Å²) in [6.07, 6.45) is -3.38. The Morgan fingerprint density at radius 3 is 2.57 bits per heavy atom. The molecule has 0 amide bonds. The monoisotopic (exact) mass is 310 g/mol. The number of carbonyl (C=O) groups excluding carboxylic acids is 1. The number of hydrogen-bond acceptors (Lipinski definition) is 4. The molecule has 0 spiro atoms. The predicted molar refractivity (Wildman–Crippen MR) is 73.9 cm³/mol. The number of rotatable bonds is 6. The highest BCUT2D eigenvalue weighted by Gasteiger charge is 2.33. The summed E-state index contributed by atoms with van der Waals surface area (Å²) in [5, 5.41) is 2.56. The molecule has 0 aromatic rings. The zero-order valence-corrected chi connectivity index (χ0v) is 12.9. The first kappa shape index (κ1) is 18.2. The van der Waals surface area contributed by atoms with Gasteiger partial charge in [-0.15, -0.1) is 0 Å². The number of carbonyl (C=O) groups is 1. The van der Waals surface area contributed by atoms with Gasteiger partial charge in [0.05, 0.1) is 13.2 Å².